The predicted molar refractivity (Wildman–Crippen MR) is 73.6 cm³/mol. The maximum Gasteiger partial charge on any atom is 0.341 e. The van der Waals surface area contributed by atoms with E-state index in [0.717, 1.165) is 5.69 Å². The molecule has 20 heavy (non-hydrogen) atoms. The van der Waals surface area contributed by atoms with E-state index in [1.54, 1.807) is 17.8 Å². The predicted octanol–water partition coefficient (Wildman–Crippen LogP) is 2.39. The van der Waals surface area contributed by atoms with Crippen molar-refractivity contribution < 1.29 is 14.3 Å². The van der Waals surface area contributed by atoms with Gasteiger partial charge in [0, 0.05) is 25.6 Å². The van der Waals surface area contributed by atoms with Gasteiger partial charge in [-0.05, 0) is 27.7 Å². The summed E-state index contributed by atoms with van der Waals surface area (Å²) in [4.78, 5) is 16.2. The molecule has 0 saturated carbocycles. The van der Waals surface area contributed by atoms with Gasteiger partial charge in [0.15, 0.2) is 5.65 Å². The molecule has 0 bridgehead atoms. The van der Waals surface area contributed by atoms with Crippen molar-refractivity contribution in [2.24, 2.45) is 0 Å². The second kappa shape index (κ2) is 5.20. The van der Waals surface area contributed by atoms with Crippen molar-refractivity contribution in [3.8, 4) is 0 Å². The topological polar surface area (TPSA) is 65.7 Å². The highest BCUT2D eigenvalue weighted by atomic mass is 16.6. The zero-order valence-electron chi connectivity index (χ0n) is 12.4. The van der Waals surface area contributed by atoms with E-state index in [9.17, 15) is 4.79 Å². The third-order valence-electron chi connectivity index (χ3n) is 2.74. The first-order valence-corrected chi connectivity index (χ1v) is 6.41. The zero-order valence-corrected chi connectivity index (χ0v) is 12.4. The van der Waals surface area contributed by atoms with Crippen LogP contribution in [0.25, 0.3) is 5.65 Å². The molecule has 0 aliphatic carbocycles. The summed E-state index contributed by atoms with van der Waals surface area (Å²) in [6.07, 6.45) is 2.98. The highest BCUT2D eigenvalue weighted by Crippen LogP contribution is 2.16. The Labute approximate surface area is 117 Å². The average molecular weight is 277 g/mol. The maximum absolute atomic E-state index is 12.0. The normalized spacial score (nSPS) is 13.4. The zero-order chi connectivity index (χ0) is 14.9. The van der Waals surface area contributed by atoms with Gasteiger partial charge in [-0.3, -0.25) is 0 Å². The lowest BCUT2D eigenvalue weighted by Gasteiger charge is -2.19. The number of hydrogen-bond donors (Lipinski definition) is 0. The summed E-state index contributed by atoms with van der Waals surface area (Å²) < 4.78 is 12.1. The van der Waals surface area contributed by atoms with Gasteiger partial charge >= 0.3 is 5.97 Å². The lowest BCUT2D eigenvalue weighted by Crippen LogP contribution is -2.24. The molecule has 6 heteroatoms. The van der Waals surface area contributed by atoms with E-state index in [0.29, 0.717) is 11.2 Å². The third kappa shape index (κ3) is 3.14. The molecule has 2 aromatic heterocycles. The van der Waals surface area contributed by atoms with Crippen molar-refractivity contribution in [3.05, 3.63) is 29.7 Å². The number of esters is 1. The van der Waals surface area contributed by atoms with E-state index in [1.165, 1.54) is 6.20 Å². The molecule has 0 saturated heterocycles. The Morgan fingerprint density at radius 3 is 2.70 bits per heavy atom. The van der Waals surface area contributed by atoms with Crippen LogP contribution in [-0.2, 0) is 9.47 Å². The second-order valence-electron chi connectivity index (χ2n) is 5.59. The fraction of sp³-hybridized carbons (Fsp3) is 0.500. The van der Waals surface area contributed by atoms with Crippen LogP contribution in [-0.4, -0.2) is 33.3 Å². The molecule has 6 nitrogen and oxygen atoms in total. The number of rotatable bonds is 3. The molecule has 0 fully saturated rings. The summed E-state index contributed by atoms with van der Waals surface area (Å²) in [5.41, 5.74) is 1.26. The number of methoxy groups -OCH3 is 1. The van der Waals surface area contributed by atoms with E-state index < -0.39 is 11.6 Å². The van der Waals surface area contributed by atoms with Gasteiger partial charge in [0.25, 0.3) is 0 Å². The molecular formula is C14H19N3O3. The van der Waals surface area contributed by atoms with Gasteiger partial charge in [-0.25, -0.2) is 14.3 Å². The molecule has 108 valence electrons. The number of fused-ring (bicyclic) bond motifs is 1. The Morgan fingerprint density at radius 2 is 2.10 bits per heavy atom. The van der Waals surface area contributed by atoms with Gasteiger partial charge < -0.3 is 9.47 Å². The molecule has 0 spiro atoms. The van der Waals surface area contributed by atoms with Gasteiger partial charge in [-0.15, -0.1) is 0 Å². The highest BCUT2D eigenvalue weighted by Gasteiger charge is 2.19. The molecule has 0 N–H and O–H groups in total. The van der Waals surface area contributed by atoms with Gasteiger partial charge in [0.1, 0.15) is 5.60 Å². The van der Waals surface area contributed by atoms with Gasteiger partial charge in [0.05, 0.1) is 17.4 Å². The summed E-state index contributed by atoms with van der Waals surface area (Å²) in [6.45, 7) is 7.37. The molecular weight excluding hydrogens is 258 g/mol. The maximum atomic E-state index is 12.0. The molecule has 0 aliphatic rings. The summed E-state index contributed by atoms with van der Waals surface area (Å²) in [7, 11) is 1.62. The average Bonchev–Trinajstić information content (AvgIpc) is 2.78. The van der Waals surface area contributed by atoms with Gasteiger partial charge in [-0.1, -0.05) is 0 Å². The standard InChI is InChI=1S/C14H19N3O3/c1-9(19-5)11-6-12-15-7-10(8-17(12)16-11)13(18)20-14(2,3)4/h6-9H,1-5H3/t9-/m0/s1. The molecule has 2 rings (SSSR count). The van der Waals surface area contributed by atoms with E-state index in [2.05, 4.69) is 10.1 Å². The lowest BCUT2D eigenvalue weighted by molar-refractivity contribution is 0.00684. The van der Waals surface area contributed by atoms with Crippen molar-refractivity contribution in [1.29, 1.82) is 0 Å². The minimum absolute atomic E-state index is 0.123. The van der Waals surface area contributed by atoms with Crippen LogP contribution in [0.4, 0.5) is 0 Å². The molecule has 2 aromatic rings. The molecule has 0 aromatic carbocycles. The minimum atomic E-state index is -0.536. The number of nitrogens with zero attached hydrogens (tertiary/aromatic N) is 3. The van der Waals surface area contributed by atoms with Crippen molar-refractivity contribution in [1.82, 2.24) is 14.6 Å². The van der Waals surface area contributed by atoms with Crippen molar-refractivity contribution in [3.63, 3.8) is 0 Å². The Bertz CT molecular complexity index is 628. The molecule has 0 amide bonds. The molecule has 1 atom stereocenters. The van der Waals surface area contributed by atoms with Gasteiger partial charge in [0.2, 0.25) is 0 Å². The lowest BCUT2D eigenvalue weighted by atomic mass is 10.2. The van der Waals surface area contributed by atoms with Crippen LogP contribution in [0.2, 0.25) is 0 Å². The van der Waals surface area contributed by atoms with Crippen LogP contribution in [0, 0.1) is 0 Å². The van der Waals surface area contributed by atoms with Crippen LogP contribution in [0.3, 0.4) is 0 Å². The van der Waals surface area contributed by atoms with Crippen LogP contribution >= 0.6 is 0 Å². The Balaban J connectivity index is 2.31. The van der Waals surface area contributed by atoms with Crippen LogP contribution in [0.1, 0.15) is 49.9 Å². The van der Waals surface area contributed by atoms with Crippen LogP contribution in [0.15, 0.2) is 18.5 Å². The first kappa shape index (κ1) is 14.5. The van der Waals surface area contributed by atoms with Crippen LogP contribution < -0.4 is 0 Å². The minimum Gasteiger partial charge on any atom is -0.456 e. The molecule has 2 heterocycles. The Kier molecular flexibility index (Phi) is 3.76. The van der Waals surface area contributed by atoms with Crippen molar-refractivity contribution in [2.45, 2.75) is 39.4 Å². The SMILES string of the molecule is CO[C@@H](C)c1cc2ncc(C(=O)OC(C)(C)C)cn2n1. The molecule has 0 aliphatic heterocycles. The summed E-state index contributed by atoms with van der Waals surface area (Å²) in [5, 5.41) is 4.34. The fourth-order valence-corrected chi connectivity index (χ4v) is 1.66. The number of carbonyl (C=O) groups is 1. The Morgan fingerprint density at radius 1 is 1.40 bits per heavy atom. The number of hydrogen-bond acceptors (Lipinski definition) is 5. The third-order valence-corrected chi connectivity index (χ3v) is 2.74. The second-order valence-corrected chi connectivity index (χ2v) is 5.59. The summed E-state index contributed by atoms with van der Waals surface area (Å²) >= 11 is 0. The smallest absolute Gasteiger partial charge is 0.341 e. The Hall–Kier alpha value is -1.95. The van der Waals surface area contributed by atoms with E-state index in [4.69, 9.17) is 9.47 Å². The first-order chi connectivity index (χ1) is 9.30. The van der Waals surface area contributed by atoms with E-state index in [1.807, 2.05) is 33.8 Å². The molecule has 0 unspecified atom stereocenters. The van der Waals surface area contributed by atoms with Crippen molar-refractivity contribution in [2.75, 3.05) is 7.11 Å². The van der Waals surface area contributed by atoms with Crippen molar-refractivity contribution >= 4 is 11.6 Å². The number of carbonyl (C=O) groups excluding carboxylic acids is 1. The highest BCUT2D eigenvalue weighted by molar-refractivity contribution is 5.89. The van der Waals surface area contributed by atoms with Gasteiger partial charge in [-0.2, -0.15) is 5.10 Å². The summed E-state index contributed by atoms with van der Waals surface area (Å²) in [6, 6.07) is 1.83. The monoisotopic (exact) mass is 277 g/mol. The fourth-order valence-electron chi connectivity index (χ4n) is 1.66. The number of aromatic nitrogens is 3. The molecule has 0 radical (unpaired) electrons. The van der Waals surface area contributed by atoms with E-state index in [-0.39, 0.29) is 6.10 Å². The first-order valence-electron chi connectivity index (χ1n) is 6.41. The van der Waals surface area contributed by atoms with Crippen LogP contribution in [0.5, 0.6) is 0 Å². The largest absolute Gasteiger partial charge is 0.456 e. The summed E-state index contributed by atoms with van der Waals surface area (Å²) in [5.74, 6) is -0.413. The van der Waals surface area contributed by atoms with E-state index >= 15 is 0 Å². The number of ether oxygens (including phenoxy) is 2. The quantitative estimate of drug-likeness (QED) is 0.806.